The zero-order chi connectivity index (χ0) is 24.0. The van der Waals surface area contributed by atoms with Gasteiger partial charge < -0.3 is 4.57 Å². The number of hydrogen-bond acceptors (Lipinski definition) is 3. The van der Waals surface area contributed by atoms with Gasteiger partial charge >= 0.3 is 0 Å². The summed E-state index contributed by atoms with van der Waals surface area (Å²) < 4.78 is 2.12. The second-order valence-corrected chi connectivity index (χ2v) is 8.84. The van der Waals surface area contributed by atoms with Crippen LogP contribution in [0.3, 0.4) is 0 Å². The van der Waals surface area contributed by atoms with Crippen LogP contribution < -0.4 is 10.2 Å². The molecule has 3 aromatic carbocycles. The molecule has 5 rings (SSSR count). The Morgan fingerprint density at radius 3 is 2.35 bits per heavy atom. The van der Waals surface area contributed by atoms with Crippen molar-refractivity contribution in [3.8, 4) is 5.69 Å². The van der Waals surface area contributed by atoms with Gasteiger partial charge in [0.25, 0.3) is 11.8 Å². The summed E-state index contributed by atoms with van der Waals surface area (Å²) in [6.45, 7) is 6.04. The number of amides is 2. The maximum atomic E-state index is 13.6. The molecule has 1 aliphatic heterocycles. The molecular formula is C28H23N3O2S. The molecule has 0 radical (unpaired) electrons. The van der Waals surface area contributed by atoms with Gasteiger partial charge in [0.2, 0.25) is 0 Å². The van der Waals surface area contributed by atoms with Gasteiger partial charge in [0.05, 0.1) is 5.69 Å². The van der Waals surface area contributed by atoms with Gasteiger partial charge in [0.1, 0.15) is 5.57 Å². The maximum Gasteiger partial charge on any atom is 0.270 e. The van der Waals surface area contributed by atoms with Crippen LogP contribution in [0.2, 0.25) is 0 Å². The topological polar surface area (TPSA) is 54.3 Å². The van der Waals surface area contributed by atoms with Gasteiger partial charge in [0.15, 0.2) is 5.11 Å². The number of carbonyl (C=O) groups is 2. The van der Waals surface area contributed by atoms with Crippen LogP contribution in [0, 0.1) is 20.8 Å². The minimum atomic E-state index is -0.494. The van der Waals surface area contributed by atoms with Gasteiger partial charge in [-0.1, -0.05) is 54.1 Å². The summed E-state index contributed by atoms with van der Waals surface area (Å²) >= 11 is 5.41. The SMILES string of the molecule is Cc1ccc(-n2c(C)cc(/C=C3/C(=O)NC(=S)N(c4cccc5ccccc45)C3=O)c2C)cc1. The highest BCUT2D eigenvalue weighted by atomic mass is 32.1. The van der Waals surface area contributed by atoms with E-state index in [0.29, 0.717) is 5.69 Å². The van der Waals surface area contributed by atoms with Gasteiger partial charge in [-0.2, -0.15) is 0 Å². The highest BCUT2D eigenvalue weighted by molar-refractivity contribution is 7.80. The third-order valence-corrected chi connectivity index (χ3v) is 6.46. The summed E-state index contributed by atoms with van der Waals surface area (Å²) in [6.07, 6.45) is 1.66. The molecule has 1 aliphatic rings. The summed E-state index contributed by atoms with van der Waals surface area (Å²) in [6, 6.07) is 23.7. The molecule has 2 heterocycles. The van der Waals surface area contributed by atoms with Gasteiger partial charge in [-0.05, 0) is 74.3 Å². The average Bonchev–Trinajstić information content (AvgIpc) is 3.10. The first-order valence-electron chi connectivity index (χ1n) is 11.0. The first kappa shape index (κ1) is 21.8. The minimum Gasteiger partial charge on any atom is -0.318 e. The van der Waals surface area contributed by atoms with Crippen molar-refractivity contribution in [2.45, 2.75) is 20.8 Å². The lowest BCUT2D eigenvalue weighted by Crippen LogP contribution is -2.54. The molecule has 0 aliphatic carbocycles. The van der Waals surface area contributed by atoms with Gasteiger partial charge in [0, 0.05) is 22.5 Å². The average molecular weight is 466 g/mol. The van der Waals surface area contributed by atoms with E-state index in [1.54, 1.807) is 6.08 Å². The molecule has 1 aromatic heterocycles. The Morgan fingerprint density at radius 1 is 0.882 bits per heavy atom. The zero-order valence-corrected chi connectivity index (χ0v) is 19.9. The number of nitrogens with one attached hydrogen (secondary N) is 1. The van der Waals surface area contributed by atoms with E-state index < -0.39 is 11.8 Å². The standard InChI is InChI=1S/C28H23N3O2S/c1-17-11-13-22(14-12-17)30-18(2)15-21(19(30)3)16-24-26(32)29-28(34)31(27(24)33)25-10-6-8-20-7-4-5-9-23(20)25/h4-16H,1-3H3,(H,29,32,34)/b24-16-. The third-order valence-electron chi connectivity index (χ3n) is 6.17. The zero-order valence-electron chi connectivity index (χ0n) is 19.1. The second kappa shape index (κ2) is 8.39. The van der Waals surface area contributed by atoms with Crippen molar-refractivity contribution in [3.63, 3.8) is 0 Å². The van der Waals surface area contributed by atoms with E-state index in [9.17, 15) is 9.59 Å². The van der Waals surface area contributed by atoms with E-state index in [0.717, 1.165) is 33.4 Å². The molecular weight excluding hydrogens is 442 g/mol. The van der Waals surface area contributed by atoms with E-state index >= 15 is 0 Å². The van der Waals surface area contributed by atoms with E-state index in [1.807, 2.05) is 62.4 Å². The number of nitrogens with zero attached hydrogens (tertiary/aromatic N) is 2. The van der Waals surface area contributed by atoms with Crippen molar-refractivity contribution in [2.75, 3.05) is 4.90 Å². The Balaban J connectivity index is 1.59. The van der Waals surface area contributed by atoms with Crippen LogP contribution >= 0.6 is 12.2 Å². The molecule has 168 valence electrons. The Hall–Kier alpha value is -4.03. The normalized spacial score (nSPS) is 15.3. The summed E-state index contributed by atoms with van der Waals surface area (Å²) in [5, 5.41) is 4.64. The number of anilines is 1. The molecule has 4 aromatic rings. The molecule has 5 nitrogen and oxygen atoms in total. The molecule has 6 heteroatoms. The molecule has 34 heavy (non-hydrogen) atoms. The quantitative estimate of drug-likeness (QED) is 0.251. The molecule has 0 unspecified atom stereocenters. The molecule has 0 spiro atoms. The van der Waals surface area contributed by atoms with Crippen molar-refractivity contribution in [3.05, 3.63) is 101 Å². The predicted molar refractivity (Wildman–Crippen MR) is 140 cm³/mol. The van der Waals surface area contributed by atoms with Gasteiger partial charge in [-0.15, -0.1) is 0 Å². The van der Waals surface area contributed by atoms with Crippen LogP contribution in [-0.4, -0.2) is 21.5 Å². The number of aryl methyl sites for hydroxylation is 2. The summed E-state index contributed by atoms with van der Waals surface area (Å²) in [5.41, 5.74) is 5.67. The Morgan fingerprint density at radius 2 is 1.59 bits per heavy atom. The Bertz CT molecular complexity index is 1510. The summed E-state index contributed by atoms with van der Waals surface area (Å²) in [4.78, 5) is 27.9. The maximum absolute atomic E-state index is 13.6. The second-order valence-electron chi connectivity index (χ2n) is 8.45. The first-order chi connectivity index (χ1) is 16.3. The lowest BCUT2D eigenvalue weighted by atomic mass is 10.0. The third kappa shape index (κ3) is 3.62. The fourth-order valence-corrected chi connectivity index (χ4v) is 4.73. The highest BCUT2D eigenvalue weighted by Gasteiger charge is 2.35. The molecule has 0 bridgehead atoms. The van der Waals surface area contributed by atoms with E-state index in [4.69, 9.17) is 12.2 Å². The van der Waals surface area contributed by atoms with Crippen molar-refractivity contribution in [2.24, 2.45) is 0 Å². The lowest BCUT2D eigenvalue weighted by Gasteiger charge is -2.29. The summed E-state index contributed by atoms with van der Waals surface area (Å²) in [5.74, 6) is -0.933. The molecule has 0 saturated carbocycles. The monoisotopic (exact) mass is 465 g/mol. The Labute approximate surface area is 203 Å². The van der Waals surface area contributed by atoms with Crippen LogP contribution in [0.5, 0.6) is 0 Å². The van der Waals surface area contributed by atoms with E-state index in [1.165, 1.54) is 10.5 Å². The van der Waals surface area contributed by atoms with E-state index in [2.05, 4.69) is 41.1 Å². The molecule has 0 atom stereocenters. The number of rotatable bonds is 3. The van der Waals surface area contributed by atoms with Crippen molar-refractivity contribution < 1.29 is 9.59 Å². The first-order valence-corrected chi connectivity index (χ1v) is 11.4. The predicted octanol–water partition coefficient (Wildman–Crippen LogP) is 5.39. The minimum absolute atomic E-state index is 0.0469. The van der Waals surface area contributed by atoms with Crippen LogP contribution in [0.15, 0.2) is 78.4 Å². The number of fused-ring (bicyclic) bond motifs is 1. The van der Waals surface area contributed by atoms with E-state index in [-0.39, 0.29) is 10.7 Å². The Kier molecular flexibility index (Phi) is 5.38. The summed E-state index contributed by atoms with van der Waals surface area (Å²) in [7, 11) is 0. The van der Waals surface area contributed by atoms with Gasteiger partial charge in [-0.3, -0.25) is 19.8 Å². The van der Waals surface area contributed by atoms with Crippen molar-refractivity contribution >= 4 is 51.7 Å². The smallest absolute Gasteiger partial charge is 0.270 e. The van der Waals surface area contributed by atoms with Crippen LogP contribution in [0.1, 0.15) is 22.5 Å². The van der Waals surface area contributed by atoms with Crippen molar-refractivity contribution in [1.82, 2.24) is 9.88 Å². The largest absolute Gasteiger partial charge is 0.318 e. The molecule has 1 fully saturated rings. The fourth-order valence-electron chi connectivity index (χ4n) is 4.46. The fraction of sp³-hybridized carbons (Fsp3) is 0.107. The van der Waals surface area contributed by atoms with Crippen LogP contribution in [0.4, 0.5) is 5.69 Å². The van der Waals surface area contributed by atoms with Crippen molar-refractivity contribution in [1.29, 1.82) is 0 Å². The van der Waals surface area contributed by atoms with Crippen LogP contribution in [-0.2, 0) is 9.59 Å². The highest BCUT2D eigenvalue weighted by Crippen LogP contribution is 2.30. The molecule has 1 saturated heterocycles. The number of benzene rings is 3. The number of carbonyl (C=O) groups excluding carboxylic acids is 2. The number of aromatic nitrogens is 1. The van der Waals surface area contributed by atoms with Crippen LogP contribution in [0.25, 0.3) is 22.5 Å². The number of hydrogen-bond donors (Lipinski definition) is 1. The lowest BCUT2D eigenvalue weighted by molar-refractivity contribution is -0.122. The molecule has 2 amide bonds. The van der Waals surface area contributed by atoms with Gasteiger partial charge in [-0.25, -0.2) is 0 Å². The molecule has 1 N–H and O–H groups in total. The number of thiocarbonyl (C=S) groups is 1.